The second kappa shape index (κ2) is 6.50. The molecule has 0 aliphatic heterocycles. The van der Waals surface area contributed by atoms with Crippen LogP contribution in [-0.2, 0) is 13.0 Å². The predicted octanol–water partition coefficient (Wildman–Crippen LogP) is 3.09. The van der Waals surface area contributed by atoms with Gasteiger partial charge < -0.3 is 10.4 Å². The second-order valence-electron chi connectivity index (χ2n) is 4.46. The first-order valence-electron chi connectivity index (χ1n) is 6.23. The summed E-state index contributed by atoms with van der Waals surface area (Å²) in [4.78, 5) is 12.3. The van der Waals surface area contributed by atoms with Gasteiger partial charge in [0.2, 0.25) is 0 Å². The van der Waals surface area contributed by atoms with Gasteiger partial charge >= 0.3 is 5.97 Å². The highest BCUT2D eigenvalue weighted by molar-refractivity contribution is 7.10. The van der Waals surface area contributed by atoms with Crippen LogP contribution in [0.3, 0.4) is 0 Å². The summed E-state index contributed by atoms with van der Waals surface area (Å²) in [5.41, 5.74) is 2.69. The van der Waals surface area contributed by atoms with Crippen molar-refractivity contribution in [2.45, 2.75) is 19.9 Å². The summed E-state index contributed by atoms with van der Waals surface area (Å²) in [6, 6.07) is 9.18. The fraction of sp³-hybridized carbons (Fsp3) is 0.267. The molecular formula is C15H17NO2S. The Balaban J connectivity index is 1.81. The monoisotopic (exact) mass is 275 g/mol. The smallest absolute Gasteiger partial charge is 0.335 e. The number of rotatable bonds is 6. The lowest BCUT2D eigenvalue weighted by atomic mass is 10.1. The molecule has 3 nitrogen and oxygen atoms in total. The van der Waals surface area contributed by atoms with Crippen LogP contribution in [0.5, 0.6) is 0 Å². The normalized spacial score (nSPS) is 10.6. The first-order chi connectivity index (χ1) is 9.16. The van der Waals surface area contributed by atoms with E-state index < -0.39 is 5.97 Å². The van der Waals surface area contributed by atoms with Gasteiger partial charge in [-0.1, -0.05) is 12.1 Å². The van der Waals surface area contributed by atoms with E-state index in [0.29, 0.717) is 12.1 Å². The lowest BCUT2D eigenvalue weighted by molar-refractivity contribution is 0.0696. The molecule has 0 aliphatic rings. The average Bonchev–Trinajstić information content (AvgIpc) is 2.81. The fourth-order valence-corrected chi connectivity index (χ4v) is 2.82. The van der Waals surface area contributed by atoms with Crippen molar-refractivity contribution < 1.29 is 9.90 Å². The molecule has 0 atom stereocenters. The Morgan fingerprint density at radius 1 is 1.37 bits per heavy atom. The number of carbonyl (C=O) groups is 1. The summed E-state index contributed by atoms with van der Waals surface area (Å²) in [5, 5.41) is 14.4. The molecule has 1 aromatic heterocycles. The Bertz CT molecular complexity index is 563. The van der Waals surface area contributed by atoms with E-state index in [0.717, 1.165) is 18.5 Å². The molecule has 2 rings (SSSR count). The maximum Gasteiger partial charge on any atom is 0.335 e. The number of hydrogen-bond donors (Lipinski definition) is 2. The number of aryl methyl sites for hydroxylation is 1. The minimum absolute atomic E-state index is 0.341. The van der Waals surface area contributed by atoms with Crippen molar-refractivity contribution in [3.05, 3.63) is 57.3 Å². The highest BCUT2D eigenvalue weighted by Gasteiger charge is 2.03. The van der Waals surface area contributed by atoms with Crippen LogP contribution in [0.15, 0.2) is 35.7 Å². The predicted molar refractivity (Wildman–Crippen MR) is 77.9 cm³/mol. The highest BCUT2D eigenvalue weighted by atomic mass is 32.1. The van der Waals surface area contributed by atoms with Gasteiger partial charge in [0, 0.05) is 18.0 Å². The van der Waals surface area contributed by atoms with Crippen molar-refractivity contribution in [1.29, 1.82) is 0 Å². The highest BCUT2D eigenvalue weighted by Crippen LogP contribution is 2.15. The minimum atomic E-state index is -0.879. The Labute approximate surface area is 116 Å². The van der Waals surface area contributed by atoms with Crippen molar-refractivity contribution in [3.8, 4) is 0 Å². The van der Waals surface area contributed by atoms with Gasteiger partial charge in [-0.05, 0) is 48.1 Å². The molecule has 1 aromatic carbocycles. The van der Waals surface area contributed by atoms with E-state index in [1.54, 1.807) is 29.5 Å². The van der Waals surface area contributed by atoms with Gasteiger partial charge in [-0.2, -0.15) is 0 Å². The van der Waals surface area contributed by atoms with Gasteiger partial charge in [0.25, 0.3) is 0 Å². The number of carboxylic acids is 1. The first kappa shape index (κ1) is 13.8. The van der Waals surface area contributed by atoms with Crippen LogP contribution in [0, 0.1) is 6.92 Å². The Morgan fingerprint density at radius 2 is 2.21 bits per heavy atom. The number of thiophene rings is 1. The lowest BCUT2D eigenvalue weighted by Crippen LogP contribution is -2.16. The quantitative estimate of drug-likeness (QED) is 0.796. The molecule has 0 saturated heterocycles. The van der Waals surface area contributed by atoms with Crippen LogP contribution in [0.2, 0.25) is 0 Å². The lowest BCUT2D eigenvalue weighted by Gasteiger charge is -2.05. The minimum Gasteiger partial charge on any atom is -0.478 e. The van der Waals surface area contributed by atoms with Crippen LogP contribution in [0.25, 0.3) is 0 Å². The fourth-order valence-electron chi connectivity index (χ4n) is 1.91. The van der Waals surface area contributed by atoms with Crippen LogP contribution < -0.4 is 5.32 Å². The summed E-state index contributed by atoms with van der Waals surface area (Å²) < 4.78 is 0. The van der Waals surface area contributed by atoms with E-state index in [4.69, 9.17) is 5.11 Å². The molecule has 100 valence electrons. The number of aromatic carboxylic acids is 1. The molecule has 0 radical (unpaired) electrons. The SMILES string of the molecule is Cc1ccsc1CCNCc1cccc(C(=O)O)c1. The number of benzene rings is 1. The van der Waals surface area contributed by atoms with E-state index in [2.05, 4.69) is 23.7 Å². The van der Waals surface area contributed by atoms with Gasteiger partial charge in [0.05, 0.1) is 5.56 Å². The zero-order chi connectivity index (χ0) is 13.7. The Kier molecular flexibility index (Phi) is 4.71. The van der Waals surface area contributed by atoms with Crippen molar-refractivity contribution in [3.63, 3.8) is 0 Å². The van der Waals surface area contributed by atoms with Crippen molar-refractivity contribution in [1.82, 2.24) is 5.32 Å². The first-order valence-corrected chi connectivity index (χ1v) is 7.10. The zero-order valence-electron chi connectivity index (χ0n) is 10.8. The molecule has 2 N–H and O–H groups in total. The van der Waals surface area contributed by atoms with Crippen molar-refractivity contribution >= 4 is 17.3 Å². The molecule has 0 bridgehead atoms. The van der Waals surface area contributed by atoms with Crippen LogP contribution in [-0.4, -0.2) is 17.6 Å². The van der Waals surface area contributed by atoms with Crippen LogP contribution in [0.1, 0.15) is 26.4 Å². The van der Waals surface area contributed by atoms with E-state index in [1.807, 2.05) is 6.07 Å². The van der Waals surface area contributed by atoms with Crippen LogP contribution in [0.4, 0.5) is 0 Å². The van der Waals surface area contributed by atoms with E-state index >= 15 is 0 Å². The number of nitrogens with one attached hydrogen (secondary N) is 1. The largest absolute Gasteiger partial charge is 0.478 e. The molecule has 0 saturated carbocycles. The summed E-state index contributed by atoms with van der Waals surface area (Å²) in [7, 11) is 0. The molecule has 0 unspecified atom stereocenters. The van der Waals surface area contributed by atoms with Crippen molar-refractivity contribution in [2.75, 3.05) is 6.54 Å². The standard InChI is InChI=1S/C15H17NO2S/c1-11-6-8-19-14(11)5-7-16-10-12-3-2-4-13(9-12)15(17)18/h2-4,6,8-9,16H,5,7,10H2,1H3,(H,17,18). The van der Waals surface area contributed by atoms with Crippen LogP contribution >= 0.6 is 11.3 Å². The number of hydrogen-bond acceptors (Lipinski definition) is 3. The molecule has 0 amide bonds. The van der Waals surface area contributed by atoms with Gasteiger partial charge in [-0.3, -0.25) is 0 Å². The third kappa shape index (κ3) is 3.91. The number of carboxylic acid groups (broad SMARTS) is 1. The zero-order valence-corrected chi connectivity index (χ0v) is 11.7. The summed E-state index contributed by atoms with van der Waals surface area (Å²) >= 11 is 1.78. The molecule has 0 spiro atoms. The van der Waals surface area contributed by atoms with Gasteiger partial charge in [-0.25, -0.2) is 4.79 Å². The molecule has 19 heavy (non-hydrogen) atoms. The Hall–Kier alpha value is -1.65. The van der Waals surface area contributed by atoms with Crippen molar-refractivity contribution in [2.24, 2.45) is 0 Å². The average molecular weight is 275 g/mol. The summed E-state index contributed by atoms with van der Waals surface area (Å²) in [6.07, 6.45) is 1.02. The second-order valence-corrected chi connectivity index (χ2v) is 5.46. The molecule has 0 aliphatic carbocycles. The van der Waals surface area contributed by atoms with E-state index in [9.17, 15) is 4.79 Å². The van der Waals surface area contributed by atoms with Gasteiger partial charge in [0.15, 0.2) is 0 Å². The Morgan fingerprint density at radius 3 is 2.89 bits per heavy atom. The molecule has 4 heteroatoms. The summed E-state index contributed by atoms with van der Waals surface area (Å²) in [5.74, 6) is -0.879. The van der Waals surface area contributed by atoms with E-state index in [1.165, 1.54) is 10.4 Å². The molecule has 0 fully saturated rings. The van der Waals surface area contributed by atoms with Gasteiger partial charge in [-0.15, -0.1) is 11.3 Å². The van der Waals surface area contributed by atoms with Gasteiger partial charge in [0.1, 0.15) is 0 Å². The maximum absolute atomic E-state index is 10.9. The van der Waals surface area contributed by atoms with E-state index in [-0.39, 0.29) is 0 Å². The topological polar surface area (TPSA) is 49.3 Å². The molecule has 1 heterocycles. The summed E-state index contributed by atoms with van der Waals surface area (Å²) in [6.45, 7) is 3.73. The maximum atomic E-state index is 10.9. The molecule has 2 aromatic rings. The molecular weight excluding hydrogens is 258 g/mol. The third-order valence-corrected chi connectivity index (χ3v) is 4.08. The third-order valence-electron chi connectivity index (χ3n) is 3.00.